The van der Waals surface area contributed by atoms with Gasteiger partial charge in [-0.15, -0.1) is 0 Å². The van der Waals surface area contributed by atoms with Crippen LogP contribution in [0, 0.1) is 0 Å². The maximum Gasteiger partial charge on any atom is 0.210 e. The third-order valence-electron chi connectivity index (χ3n) is 7.29. The van der Waals surface area contributed by atoms with E-state index < -0.39 is 9.84 Å². The lowest BCUT2D eigenvalue weighted by Crippen LogP contribution is -2.22. The predicted molar refractivity (Wildman–Crippen MR) is 159 cm³/mol. The molecule has 6 heteroatoms. The zero-order valence-electron chi connectivity index (χ0n) is 21.0. The van der Waals surface area contributed by atoms with E-state index in [1.165, 1.54) is 0 Å². The lowest BCUT2D eigenvalue weighted by atomic mass is 10.1. The summed E-state index contributed by atoms with van der Waals surface area (Å²) in [7, 11) is -3.66. The standard InChI is InChI=1S/C33H23N3O2S/c1-3-22-13-15-27-25(19-22)26-20-23(4-2)14-16-28(26)35(27)24-17-18-34-33(21-24)36-29-9-5-7-11-31(29)39(37,38)32-12-8-6-10-30(32)36/h3-21H,1-2H2. The molecule has 0 bridgehead atoms. The first-order valence-corrected chi connectivity index (χ1v) is 14.0. The van der Waals surface area contributed by atoms with Gasteiger partial charge in [-0.25, -0.2) is 13.4 Å². The van der Waals surface area contributed by atoms with E-state index in [1.54, 1.807) is 30.5 Å². The second-order valence-electron chi connectivity index (χ2n) is 9.44. The minimum Gasteiger partial charge on any atom is -0.309 e. The van der Waals surface area contributed by atoms with Crippen molar-refractivity contribution in [1.82, 2.24) is 9.55 Å². The second kappa shape index (κ2) is 8.55. The number of benzene rings is 4. The predicted octanol–water partition coefficient (Wildman–Crippen LogP) is 8.08. The molecule has 0 atom stereocenters. The van der Waals surface area contributed by atoms with Gasteiger partial charge in [-0.3, -0.25) is 4.90 Å². The summed E-state index contributed by atoms with van der Waals surface area (Å²) in [4.78, 5) is 7.18. The summed E-state index contributed by atoms with van der Waals surface area (Å²) in [5.41, 5.74) is 6.27. The van der Waals surface area contributed by atoms with Crippen molar-refractivity contribution in [2.24, 2.45) is 0 Å². The van der Waals surface area contributed by atoms with Crippen LogP contribution in [0.25, 0.3) is 39.6 Å². The van der Waals surface area contributed by atoms with Crippen LogP contribution < -0.4 is 4.90 Å². The Balaban J connectivity index is 1.50. The Morgan fingerprint density at radius 1 is 0.667 bits per heavy atom. The minimum atomic E-state index is -3.66. The van der Waals surface area contributed by atoms with E-state index in [9.17, 15) is 8.42 Å². The first-order chi connectivity index (χ1) is 19.0. The third-order valence-corrected chi connectivity index (χ3v) is 9.14. The molecule has 0 spiro atoms. The average Bonchev–Trinajstić information content (AvgIpc) is 3.30. The molecule has 0 aliphatic carbocycles. The van der Waals surface area contributed by atoms with Gasteiger partial charge in [-0.05, 0) is 65.7 Å². The number of fused-ring (bicyclic) bond motifs is 5. The van der Waals surface area contributed by atoms with E-state index >= 15 is 0 Å². The highest BCUT2D eigenvalue weighted by Crippen LogP contribution is 2.47. The average molecular weight is 526 g/mol. The van der Waals surface area contributed by atoms with E-state index in [1.807, 2.05) is 53.5 Å². The highest BCUT2D eigenvalue weighted by molar-refractivity contribution is 7.92. The Labute approximate surface area is 226 Å². The van der Waals surface area contributed by atoms with E-state index in [2.05, 4.69) is 54.1 Å². The molecular weight excluding hydrogens is 502 g/mol. The molecule has 39 heavy (non-hydrogen) atoms. The SMILES string of the molecule is C=Cc1ccc2c(c1)c1cc(C=C)ccc1n2-c1ccnc(N2c3ccccc3S(=O)(=O)c3ccccc32)c1. The van der Waals surface area contributed by atoms with Crippen molar-refractivity contribution in [2.45, 2.75) is 9.79 Å². The van der Waals surface area contributed by atoms with Crippen molar-refractivity contribution in [3.8, 4) is 5.69 Å². The van der Waals surface area contributed by atoms with Gasteiger partial charge >= 0.3 is 0 Å². The van der Waals surface area contributed by atoms with Crippen LogP contribution >= 0.6 is 0 Å². The summed E-state index contributed by atoms with van der Waals surface area (Å²) >= 11 is 0. The zero-order chi connectivity index (χ0) is 26.7. The van der Waals surface area contributed by atoms with Gasteiger partial charge < -0.3 is 4.57 Å². The largest absolute Gasteiger partial charge is 0.309 e. The minimum absolute atomic E-state index is 0.265. The van der Waals surface area contributed by atoms with Gasteiger partial charge in [-0.1, -0.05) is 61.7 Å². The molecule has 0 amide bonds. The number of rotatable bonds is 4. The van der Waals surface area contributed by atoms with Crippen molar-refractivity contribution in [2.75, 3.05) is 4.90 Å². The normalized spacial score (nSPS) is 13.7. The van der Waals surface area contributed by atoms with Crippen LogP contribution in [0.5, 0.6) is 0 Å². The van der Waals surface area contributed by atoms with Crippen LogP contribution in [-0.4, -0.2) is 18.0 Å². The number of nitrogens with zero attached hydrogens (tertiary/aromatic N) is 3. The topological polar surface area (TPSA) is 55.2 Å². The molecule has 188 valence electrons. The molecule has 6 aromatic rings. The molecule has 0 saturated heterocycles. The highest BCUT2D eigenvalue weighted by Gasteiger charge is 2.35. The number of hydrogen-bond donors (Lipinski definition) is 0. The molecule has 0 fully saturated rings. The van der Waals surface area contributed by atoms with Gasteiger partial charge in [-0.2, -0.15) is 0 Å². The van der Waals surface area contributed by atoms with E-state index in [0.717, 1.165) is 38.6 Å². The third kappa shape index (κ3) is 3.39. The molecule has 3 heterocycles. The van der Waals surface area contributed by atoms with Crippen molar-refractivity contribution < 1.29 is 8.42 Å². The molecular formula is C33H23N3O2S. The van der Waals surface area contributed by atoms with Crippen LogP contribution in [0.15, 0.2) is 126 Å². The summed E-state index contributed by atoms with van der Waals surface area (Å²) in [5, 5.41) is 2.23. The number of hydrogen-bond acceptors (Lipinski definition) is 4. The first kappa shape index (κ1) is 23.2. The quantitative estimate of drug-likeness (QED) is 0.233. The van der Waals surface area contributed by atoms with Crippen molar-refractivity contribution in [1.29, 1.82) is 0 Å². The van der Waals surface area contributed by atoms with Crippen LogP contribution in [0.1, 0.15) is 11.1 Å². The number of sulfone groups is 1. The molecule has 0 radical (unpaired) electrons. The fourth-order valence-corrected chi connectivity index (χ4v) is 7.11. The van der Waals surface area contributed by atoms with Gasteiger partial charge in [0.25, 0.3) is 0 Å². The van der Waals surface area contributed by atoms with Crippen molar-refractivity contribution in [3.63, 3.8) is 0 Å². The fourth-order valence-electron chi connectivity index (χ4n) is 5.49. The number of anilines is 3. The summed E-state index contributed by atoms with van der Waals surface area (Å²) < 4.78 is 29.1. The van der Waals surface area contributed by atoms with Gasteiger partial charge in [0, 0.05) is 23.0 Å². The number of para-hydroxylation sites is 2. The molecule has 1 aliphatic rings. The molecule has 0 saturated carbocycles. The first-order valence-electron chi connectivity index (χ1n) is 12.5. The smallest absolute Gasteiger partial charge is 0.210 e. The molecule has 2 aromatic heterocycles. The maximum absolute atomic E-state index is 13.5. The molecule has 1 aliphatic heterocycles. The summed E-state index contributed by atoms with van der Waals surface area (Å²) in [6, 6.07) is 30.8. The maximum atomic E-state index is 13.5. The Bertz CT molecular complexity index is 1970. The van der Waals surface area contributed by atoms with Crippen LogP contribution in [0.2, 0.25) is 0 Å². The van der Waals surface area contributed by atoms with Crippen LogP contribution in [0.4, 0.5) is 17.2 Å². The van der Waals surface area contributed by atoms with Gasteiger partial charge in [0.2, 0.25) is 9.84 Å². The molecule has 0 N–H and O–H groups in total. The van der Waals surface area contributed by atoms with Gasteiger partial charge in [0.1, 0.15) is 5.82 Å². The lowest BCUT2D eigenvalue weighted by Gasteiger charge is -2.32. The van der Waals surface area contributed by atoms with Crippen LogP contribution in [0.3, 0.4) is 0 Å². The number of pyridine rings is 1. The molecule has 5 nitrogen and oxygen atoms in total. The monoisotopic (exact) mass is 525 g/mol. The zero-order valence-corrected chi connectivity index (χ0v) is 21.8. The van der Waals surface area contributed by atoms with Crippen LogP contribution in [-0.2, 0) is 9.84 Å². The Morgan fingerprint density at radius 3 is 1.74 bits per heavy atom. The highest BCUT2D eigenvalue weighted by atomic mass is 32.2. The van der Waals surface area contributed by atoms with E-state index in [-0.39, 0.29) is 9.79 Å². The number of aromatic nitrogens is 2. The Morgan fingerprint density at radius 2 is 1.21 bits per heavy atom. The Hall–Kier alpha value is -4.94. The molecule has 4 aromatic carbocycles. The van der Waals surface area contributed by atoms with Gasteiger partial charge in [0.15, 0.2) is 0 Å². The molecule has 7 rings (SSSR count). The fraction of sp³-hybridized carbons (Fsp3) is 0. The second-order valence-corrected chi connectivity index (χ2v) is 11.3. The molecule has 0 unspecified atom stereocenters. The summed E-state index contributed by atoms with van der Waals surface area (Å²) in [6.45, 7) is 7.89. The van der Waals surface area contributed by atoms with E-state index in [4.69, 9.17) is 4.98 Å². The van der Waals surface area contributed by atoms with Crippen molar-refractivity contribution >= 4 is 61.0 Å². The van der Waals surface area contributed by atoms with Gasteiger partial charge in [0.05, 0.1) is 37.9 Å². The lowest BCUT2D eigenvalue weighted by molar-refractivity contribution is 0.595. The summed E-state index contributed by atoms with van der Waals surface area (Å²) in [6.07, 6.45) is 5.47. The summed E-state index contributed by atoms with van der Waals surface area (Å²) in [5.74, 6) is 0.628. The van der Waals surface area contributed by atoms with Crippen molar-refractivity contribution in [3.05, 3.63) is 128 Å². The van der Waals surface area contributed by atoms with E-state index in [0.29, 0.717) is 17.2 Å². The Kier molecular flexibility index (Phi) is 5.08.